The van der Waals surface area contributed by atoms with Gasteiger partial charge in [0.1, 0.15) is 5.69 Å². The van der Waals surface area contributed by atoms with Crippen molar-refractivity contribution in [3.05, 3.63) is 47.3 Å². The third-order valence-electron chi connectivity index (χ3n) is 4.61. The number of benzene rings is 1. The third-order valence-corrected chi connectivity index (χ3v) is 4.61. The Morgan fingerprint density at radius 1 is 0.885 bits per heavy atom. The van der Waals surface area contributed by atoms with Gasteiger partial charge in [0.05, 0.1) is 12.2 Å². The van der Waals surface area contributed by atoms with Crippen LogP contribution < -0.4 is 0 Å². The fraction of sp³-hybridized carbons (Fsp3) is 0.565. The van der Waals surface area contributed by atoms with Gasteiger partial charge >= 0.3 is 0 Å². The first kappa shape index (κ1) is 20.2. The molecule has 1 aromatic carbocycles. The lowest BCUT2D eigenvalue weighted by atomic mass is 10.1. The average molecular weight is 352 g/mol. The normalized spacial score (nSPS) is 10.5. The highest BCUT2D eigenvalue weighted by Crippen LogP contribution is 2.12. The second-order valence-corrected chi connectivity index (χ2v) is 6.95. The lowest BCUT2D eigenvalue weighted by Crippen LogP contribution is -2.05. The van der Waals surface area contributed by atoms with E-state index in [9.17, 15) is 0 Å². The minimum Gasteiger partial charge on any atom is -0.232 e. The molecule has 2 rings (SSSR count). The molecule has 3 nitrogen and oxygen atoms in total. The zero-order valence-electron chi connectivity index (χ0n) is 16.5. The van der Waals surface area contributed by atoms with E-state index in [0.717, 1.165) is 30.8 Å². The van der Waals surface area contributed by atoms with Crippen molar-refractivity contribution >= 4 is 0 Å². The number of rotatable bonds is 11. The van der Waals surface area contributed by atoms with Crippen LogP contribution in [0.1, 0.15) is 88.6 Å². The highest BCUT2D eigenvalue weighted by molar-refractivity contribution is 5.32. The number of aromatic nitrogens is 3. The molecule has 0 saturated heterocycles. The van der Waals surface area contributed by atoms with Crippen LogP contribution in [0, 0.1) is 11.8 Å². The van der Waals surface area contributed by atoms with Crippen molar-refractivity contribution in [3.63, 3.8) is 0 Å². The van der Waals surface area contributed by atoms with Gasteiger partial charge in [-0.25, -0.2) is 4.68 Å². The van der Waals surface area contributed by atoms with Crippen molar-refractivity contribution in [1.29, 1.82) is 0 Å². The molecule has 0 atom stereocenters. The highest BCUT2D eigenvalue weighted by Gasteiger charge is 2.11. The van der Waals surface area contributed by atoms with Crippen LogP contribution in [0.3, 0.4) is 0 Å². The molecule has 140 valence electrons. The van der Waals surface area contributed by atoms with E-state index < -0.39 is 0 Å². The van der Waals surface area contributed by atoms with Gasteiger partial charge in [-0.2, -0.15) is 0 Å². The molecule has 0 radical (unpaired) electrons. The molecule has 3 heteroatoms. The summed E-state index contributed by atoms with van der Waals surface area (Å²) in [5.74, 6) is 6.75. The minimum absolute atomic E-state index is 0.739. The zero-order chi connectivity index (χ0) is 18.5. The van der Waals surface area contributed by atoms with Gasteiger partial charge in [-0.05, 0) is 30.7 Å². The van der Waals surface area contributed by atoms with E-state index >= 15 is 0 Å². The van der Waals surface area contributed by atoms with Gasteiger partial charge in [-0.1, -0.05) is 93.8 Å². The molecule has 0 fully saturated rings. The molecule has 0 aliphatic carbocycles. The lowest BCUT2D eigenvalue weighted by Gasteiger charge is -2.04. The van der Waals surface area contributed by atoms with Crippen LogP contribution in [-0.4, -0.2) is 15.0 Å². The summed E-state index contributed by atoms with van der Waals surface area (Å²) in [5, 5.41) is 8.85. The topological polar surface area (TPSA) is 30.7 Å². The Morgan fingerprint density at radius 3 is 2.35 bits per heavy atom. The van der Waals surface area contributed by atoms with Crippen LogP contribution in [0.25, 0.3) is 0 Å². The van der Waals surface area contributed by atoms with E-state index in [1.54, 1.807) is 0 Å². The van der Waals surface area contributed by atoms with Crippen molar-refractivity contribution in [2.75, 3.05) is 0 Å². The Kier molecular flexibility index (Phi) is 9.57. The van der Waals surface area contributed by atoms with E-state index in [1.165, 1.54) is 56.9 Å². The van der Waals surface area contributed by atoms with Gasteiger partial charge in [-0.3, -0.25) is 0 Å². The molecule has 1 heterocycles. The second-order valence-electron chi connectivity index (χ2n) is 6.95. The Labute approximate surface area is 159 Å². The van der Waals surface area contributed by atoms with E-state index in [1.807, 2.05) is 10.7 Å². The fourth-order valence-corrected chi connectivity index (χ4v) is 3.03. The van der Waals surface area contributed by atoms with E-state index in [0.29, 0.717) is 0 Å². The maximum atomic E-state index is 4.45. The van der Waals surface area contributed by atoms with Gasteiger partial charge in [-0.15, -0.1) is 5.10 Å². The molecule has 26 heavy (non-hydrogen) atoms. The first-order valence-corrected chi connectivity index (χ1v) is 10.3. The van der Waals surface area contributed by atoms with Crippen LogP contribution in [0.15, 0.2) is 30.3 Å². The Balaban J connectivity index is 2.05. The second kappa shape index (κ2) is 12.3. The number of hydrogen-bond donors (Lipinski definition) is 0. The molecule has 0 unspecified atom stereocenters. The molecule has 0 bridgehead atoms. The predicted octanol–water partition coefficient (Wildman–Crippen LogP) is 5.77. The number of aryl methyl sites for hydroxylation is 1. The number of hydrogen-bond acceptors (Lipinski definition) is 2. The average Bonchev–Trinajstić information content (AvgIpc) is 3.04. The Bertz CT molecular complexity index is 676. The fourth-order valence-electron chi connectivity index (χ4n) is 3.03. The summed E-state index contributed by atoms with van der Waals surface area (Å²) >= 11 is 0. The smallest absolute Gasteiger partial charge is 0.135 e. The maximum Gasteiger partial charge on any atom is 0.135 e. The molecule has 0 N–H and O–H groups in total. The molecule has 0 aliphatic heterocycles. The van der Waals surface area contributed by atoms with E-state index in [2.05, 4.69) is 60.3 Å². The molecular weight excluding hydrogens is 318 g/mol. The summed E-state index contributed by atoms with van der Waals surface area (Å²) < 4.78 is 1.98. The first-order chi connectivity index (χ1) is 12.8. The summed E-state index contributed by atoms with van der Waals surface area (Å²) in [6.07, 6.45) is 11.9. The Hall–Kier alpha value is -2.08. The lowest BCUT2D eigenvalue weighted by molar-refractivity contribution is 0.642. The molecular formula is C23H33N3. The summed E-state index contributed by atoms with van der Waals surface area (Å²) in [7, 11) is 0. The van der Waals surface area contributed by atoms with Crippen LogP contribution in [-0.2, 0) is 13.0 Å². The SMILES string of the molecule is CCCCCCC#Cc1c(CCCCCC)nnn1Cc1ccccc1. The largest absolute Gasteiger partial charge is 0.232 e. The van der Waals surface area contributed by atoms with Crippen molar-refractivity contribution in [2.24, 2.45) is 0 Å². The van der Waals surface area contributed by atoms with Crippen LogP contribution in [0.2, 0.25) is 0 Å². The van der Waals surface area contributed by atoms with Gasteiger partial charge < -0.3 is 0 Å². The van der Waals surface area contributed by atoms with E-state index in [4.69, 9.17) is 0 Å². The third kappa shape index (κ3) is 7.04. The molecule has 0 amide bonds. The number of nitrogens with zero attached hydrogens (tertiary/aromatic N) is 3. The van der Waals surface area contributed by atoms with E-state index in [-0.39, 0.29) is 0 Å². The number of unbranched alkanes of at least 4 members (excludes halogenated alkanes) is 7. The highest BCUT2D eigenvalue weighted by atomic mass is 15.4. The van der Waals surface area contributed by atoms with Gasteiger partial charge in [0.25, 0.3) is 0 Å². The van der Waals surface area contributed by atoms with Crippen molar-refractivity contribution < 1.29 is 0 Å². The van der Waals surface area contributed by atoms with Gasteiger partial charge in [0, 0.05) is 6.42 Å². The summed E-state index contributed by atoms with van der Waals surface area (Å²) in [4.78, 5) is 0. The van der Waals surface area contributed by atoms with Crippen molar-refractivity contribution in [3.8, 4) is 11.8 Å². The summed E-state index contributed by atoms with van der Waals surface area (Å²) in [6, 6.07) is 10.4. The monoisotopic (exact) mass is 351 g/mol. The minimum atomic E-state index is 0.739. The maximum absolute atomic E-state index is 4.45. The molecule has 0 saturated carbocycles. The van der Waals surface area contributed by atoms with Gasteiger partial charge in [0.2, 0.25) is 0 Å². The van der Waals surface area contributed by atoms with Crippen LogP contribution >= 0.6 is 0 Å². The zero-order valence-corrected chi connectivity index (χ0v) is 16.5. The molecule has 2 aromatic rings. The predicted molar refractivity (Wildman–Crippen MR) is 109 cm³/mol. The summed E-state index contributed by atoms with van der Waals surface area (Å²) in [5.41, 5.74) is 3.32. The van der Waals surface area contributed by atoms with Gasteiger partial charge in [0.15, 0.2) is 0 Å². The standard InChI is InChI=1S/C23H33N3/c1-3-5-7-9-10-15-19-23-22(18-14-8-6-4-2)24-25-26(23)20-21-16-12-11-13-17-21/h11-13,16-17H,3-10,14,18,20H2,1-2H3. The first-order valence-electron chi connectivity index (χ1n) is 10.3. The summed E-state index contributed by atoms with van der Waals surface area (Å²) in [6.45, 7) is 5.22. The quantitative estimate of drug-likeness (QED) is 0.380. The van der Waals surface area contributed by atoms with Crippen molar-refractivity contribution in [2.45, 2.75) is 84.6 Å². The molecule has 0 spiro atoms. The molecule has 1 aromatic heterocycles. The Morgan fingerprint density at radius 2 is 1.62 bits per heavy atom. The van der Waals surface area contributed by atoms with Crippen LogP contribution in [0.5, 0.6) is 0 Å². The van der Waals surface area contributed by atoms with Crippen LogP contribution in [0.4, 0.5) is 0 Å². The van der Waals surface area contributed by atoms with Crippen molar-refractivity contribution in [1.82, 2.24) is 15.0 Å². The molecule has 0 aliphatic rings.